The maximum absolute atomic E-state index is 12.3. The molecule has 0 aliphatic carbocycles. The fourth-order valence-corrected chi connectivity index (χ4v) is 2.31. The summed E-state index contributed by atoms with van der Waals surface area (Å²) in [5.74, 6) is 0.0584. The number of carbonyl (C=O) groups is 1. The van der Waals surface area contributed by atoms with Crippen molar-refractivity contribution in [2.45, 2.75) is 25.5 Å². The highest BCUT2D eigenvalue weighted by atomic mass is 16.5. The number of nitrogens with two attached hydrogens (primary N) is 1. The van der Waals surface area contributed by atoms with Crippen molar-refractivity contribution in [3.05, 3.63) is 35.9 Å². The molecule has 1 aromatic rings. The average molecular weight is 248 g/mol. The van der Waals surface area contributed by atoms with Crippen LogP contribution < -0.4 is 5.73 Å². The standard InChI is InChI=1S/C14H20N2O2/c1-11(12-5-3-2-4-6-12)16-9-10-18-13(7-8-15)14(16)17/h2-6,11,13H,7-10,15H2,1H3. The highest BCUT2D eigenvalue weighted by Gasteiger charge is 2.32. The van der Waals surface area contributed by atoms with Crippen molar-refractivity contribution in [1.82, 2.24) is 4.90 Å². The van der Waals surface area contributed by atoms with Crippen LogP contribution in [0, 0.1) is 0 Å². The molecule has 4 nitrogen and oxygen atoms in total. The molecule has 1 saturated heterocycles. The zero-order valence-corrected chi connectivity index (χ0v) is 10.7. The Balaban J connectivity index is 2.10. The van der Waals surface area contributed by atoms with Gasteiger partial charge < -0.3 is 15.4 Å². The van der Waals surface area contributed by atoms with Gasteiger partial charge in [0.25, 0.3) is 5.91 Å². The van der Waals surface area contributed by atoms with Crippen LogP contribution >= 0.6 is 0 Å². The minimum Gasteiger partial charge on any atom is -0.366 e. The molecule has 2 N–H and O–H groups in total. The molecule has 0 radical (unpaired) electrons. The van der Waals surface area contributed by atoms with E-state index in [0.717, 1.165) is 5.56 Å². The summed E-state index contributed by atoms with van der Waals surface area (Å²) in [6, 6.07) is 10.1. The van der Waals surface area contributed by atoms with E-state index < -0.39 is 0 Å². The Labute approximate surface area is 108 Å². The van der Waals surface area contributed by atoms with E-state index in [1.165, 1.54) is 0 Å². The molecular weight excluding hydrogens is 228 g/mol. The third kappa shape index (κ3) is 2.71. The lowest BCUT2D eigenvalue weighted by Gasteiger charge is -2.36. The van der Waals surface area contributed by atoms with Crippen LogP contribution in [0.5, 0.6) is 0 Å². The van der Waals surface area contributed by atoms with Crippen LogP contribution in [0.1, 0.15) is 24.9 Å². The van der Waals surface area contributed by atoms with E-state index in [1.54, 1.807) is 0 Å². The molecule has 1 aliphatic rings. The molecule has 2 unspecified atom stereocenters. The smallest absolute Gasteiger partial charge is 0.252 e. The molecule has 0 saturated carbocycles. The Bertz CT molecular complexity index is 392. The van der Waals surface area contributed by atoms with Crippen molar-refractivity contribution in [2.75, 3.05) is 19.7 Å². The number of hydrogen-bond acceptors (Lipinski definition) is 3. The number of benzene rings is 1. The fourth-order valence-electron chi connectivity index (χ4n) is 2.31. The summed E-state index contributed by atoms with van der Waals surface area (Å²) < 4.78 is 5.48. The van der Waals surface area contributed by atoms with Crippen molar-refractivity contribution in [2.24, 2.45) is 5.73 Å². The second-order valence-electron chi connectivity index (χ2n) is 4.56. The van der Waals surface area contributed by atoms with Crippen molar-refractivity contribution in [3.63, 3.8) is 0 Å². The van der Waals surface area contributed by atoms with Gasteiger partial charge in [-0.3, -0.25) is 4.79 Å². The summed E-state index contributed by atoms with van der Waals surface area (Å²) in [6.07, 6.45) is 0.228. The van der Waals surface area contributed by atoms with E-state index in [9.17, 15) is 4.79 Å². The Morgan fingerprint density at radius 2 is 2.17 bits per heavy atom. The zero-order valence-electron chi connectivity index (χ0n) is 10.7. The average Bonchev–Trinajstić information content (AvgIpc) is 2.42. The van der Waals surface area contributed by atoms with Gasteiger partial charge in [0.1, 0.15) is 6.10 Å². The predicted octanol–water partition coefficient (Wildman–Crippen LogP) is 1.32. The molecular formula is C14H20N2O2. The van der Waals surface area contributed by atoms with Crippen LogP contribution in [0.4, 0.5) is 0 Å². The first-order valence-electron chi connectivity index (χ1n) is 6.41. The monoisotopic (exact) mass is 248 g/mol. The van der Waals surface area contributed by atoms with Gasteiger partial charge in [-0.25, -0.2) is 0 Å². The molecule has 1 heterocycles. The van der Waals surface area contributed by atoms with Crippen LogP contribution in [0.3, 0.4) is 0 Å². The maximum Gasteiger partial charge on any atom is 0.252 e. The summed E-state index contributed by atoms with van der Waals surface area (Å²) >= 11 is 0. The van der Waals surface area contributed by atoms with Gasteiger partial charge in [-0.1, -0.05) is 30.3 Å². The lowest BCUT2D eigenvalue weighted by Crippen LogP contribution is -2.49. The first kappa shape index (κ1) is 13.1. The zero-order chi connectivity index (χ0) is 13.0. The molecule has 4 heteroatoms. The van der Waals surface area contributed by atoms with E-state index in [1.807, 2.05) is 35.2 Å². The summed E-state index contributed by atoms with van der Waals surface area (Å²) in [5, 5.41) is 0. The highest BCUT2D eigenvalue weighted by molar-refractivity contribution is 5.82. The minimum atomic E-state index is -0.366. The van der Waals surface area contributed by atoms with E-state index in [4.69, 9.17) is 10.5 Å². The van der Waals surface area contributed by atoms with Crippen molar-refractivity contribution in [3.8, 4) is 0 Å². The van der Waals surface area contributed by atoms with Gasteiger partial charge in [-0.05, 0) is 25.5 Å². The van der Waals surface area contributed by atoms with Crippen molar-refractivity contribution < 1.29 is 9.53 Å². The number of nitrogens with zero attached hydrogens (tertiary/aromatic N) is 1. The first-order valence-corrected chi connectivity index (χ1v) is 6.41. The Hall–Kier alpha value is -1.39. The quantitative estimate of drug-likeness (QED) is 0.874. The number of rotatable bonds is 4. The van der Waals surface area contributed by atoms with Crippen LogP contribution in [0.15, 0.2) is 30.3 Å². The van der Waals surface area contributed by atoms with Crippen molar-refractivity contribution >= 4 is 5.91 Å². The summed E-state index contributed by atoms with van der Waals surface area (Å²) in [6.45, 7) is 3.77. The molecule has 0 aromatic heterocycles. The topological polar surface area (TPSA) is 55.6 Å². The van der Waals surface area contributed by atoms with Gasteiger partial charge in [0.15, 0.2) is 0 Å². The van der Waals surface area contributed by atoms with Crippen molar-refractivity contribution in [1.29, 1.82) is 0 Å². The Kier molecular flexibility index (Phi) is 4.33. The lowest BCUT2D eigenvalue weighted by atomic mass is 10.0. The number of morpholine rings is 1. The number of amides is 1. The van der Waals surface area contributed by atoms with Crippen LogP contribution in [-0.2, 0) is 9.53 Å². The summed E-state index contributed by atoms with van der Waals surface area (Å²) in [7, 11) is 0. The van der Waals surface area contributed by atoms with Gasteiger partial charge >= 0.3 is 0 Å². The molecule has 1 aromatic carbocycles. The van der Waals surface area contributed by atoms with Gasteiger partial charge in [-0.2, -0.15) is 0 Å². The second kappa shape index (κ2) is 5.98. The Morgan fingerprint density at radius 1 is 1.44 bits per heavy atom. The number of ether oxygens (including phenoxy) is 1. The summed E-state index contributed by atoms with van der Waals surface area (Å²) in [4.78, 5) is 14.2. The molecule has 98 valence electrons. The van der Waals surface area contributed by atoms with E-state index in [2.05, 4.69) is 6.92 Å². The SMILES string of the molecule is CC(c1ccccc1)N1CCOC(CCN)C1=O. The van der Waals surface area contributed by atoms with Gasteiger partial charge in [0, 0.05) is 6.54 Å². The summed E-state index contributed by atoms with van der Waals surface area (Å²) in [5.41, 5.74) is 6.66. The Morgan fingerprint density at radius 3 is 2.83 bits per heavy atom. The lowest BCUT2D eigenvalue weighted by molar-refractivity contribution is -0.156. The van der Waals surface area contributed by atoms with Gasteiger partial charge in [0.05, 0.1) is 12.6 Å². The van der Waals surface area contributed by atoms with Gasteiger partial charge in [0.2, 0.25) is 0 Å². The molecule has 0 bridgehead atoms. The molecule has 2 rings (SSSR count). The maximum atomic E-state index is 12.3. The molecule has 2 atom stereocenters. The van der Waals surface area contributed by atoms with Crippen LogP contribution in [0.25, 0.3) is 0 Å². The minimum absolute atomic E-state index is 0.0584. The number of carbonyl (C=O) groups excluding carboxylic acids is 1. The van der Waals surface area contributed by atoms with Crippen LogP contribution in [-0.4, -0.2) is 36.6 Å². The number of hydrogen-bond donors (Lipinski definition) is 1. The third-order valence-electron chi connectivity index (χ3n) is 3.39. The second-order valence-corrected chi connectivity index (χ2v) is 4.56. The molecule has 1 fully saturated rings. The molecule has 1 aliphatic heterocycles. The van der Waals surface area contributed by atoms with E-state index >= 15 is 0 Å². The highest BCUT2D eigenvalue weighted by Crippen LogP contribution is 2.23. The first-order chi connectivity index (χ1) is 8.74. The van der Waals surface area contributed by atoms with Gasteiger partial charge in [-0.15, -0.1) is 0 Å². The fraction of sp³-hybridized carbons (Fsp3) is 0.500. The van der Waals surface area contributed by atoms with Crippen LogP contribution in [0.2, 0.25) is 0 Å². The third-order valence-corrected chi connectivity index (χ3v) is 3.39. The van der Waals surface area contributed by atoms with E-state index in [0.29, 0.717) is 26.1 Å². The molecule has 1 amide bonds. The predicted molar refractivity (Wildman–Crippen MR) is 70.0 cm³/mol. The largest absolute Gasteiger partial charge is 0.366 e. The normalized spacial score (nSPS) is 22.0. The molecule has 18 heavy (non-hydrogen) atoms. The molecule has 0 spiro atoms. The van der Waals surface area contributed by atoms with E-state index in [-0.39, 0.29) is 18.1 Å².